The number of aryl methyl sites for hydroxylation is 1. The Morgan fingerprint density at radius 2 is 2.08 bits per heavy atom. The molecule has 2 heterocycles. The second-order valence-corrected chi connectivity index (χ2v) is 8.17. The van der Waals surface area contributed by atoms with E-state index in [1.54, 1.807) is 37.6 Å². The molecule has 1 aromatic carbocycles. The Morgan fingerprint density at radius 1 is 1.28 bits per heavy atom. The summed E-state index contributed by atoms with van der Waals surface area (Å²) < 4.78 is 38.1. The number of benzene rings is 1. The van der Waals surface area contributed by atoms with Gasteiger partial charge >= 0.3 is 0 Å². The van der Waals surface area contributed by atoms with Gasteiger partial charge < -0.3 is 9.47 Å². The van der Waals surface area contributed by atoms with Gasteiger partial charge in [-0.25, -0.2) is 8.42 Å². The van der Waals surface area contributed by atoms with Crippen molar-refractivity contribution in [1.29, 1.82) is 0 Å². The maximum atomic E-state index is 12.8. The summed E-state index contributed by atoms with van der Waals surface area (Å²) in [5.74, 6) is 1.18. The third-order valence-electron chi connectivity index (χ3n) is 4.14. The molecule has 1 aliphatic heterocycles. The SMILES string of the molecule is COc1ccc(S(=O)(=O)N2CCC(Oc3ccncc3Cl)C2)cc1C. The summed E-state index contributed by atoms with van der Waals surface area (Å²) in [6.07, 6.45) is 3.45. The molecule has 1 unspecified atom stereocenters. The fourth-order valence-corrected chi connectivity index (χ4v) is 4.55. The van der Waals surface area contributed by atoms with Crippen molar-refractivity contribution in [3.8, 4) is 11.5 Å². The first kappa shape index (κ1) is 18.0. The topological polar surface area (TPSA) is 68.7 Å². The van der Waals surface area contributed by atoms with Crippen LogP contribution in [0.2, 0.25) is 5.02 Å². The number of halogens is 1. The summed E-state index contributed by atoms with van der Waals surface area (Å²) in [4.78, 5) is 4.16. The van der Waals surface area contributed by atoms with Gasteiger partial charge in [0.25, 0.3) is 0 Å². The average molecular weight is 383 g/mol. The zero-order chi connectivity index (χ0) is 18.0. The molecule has 1 aliphatic rings. The number of rotatable bonds is 5. The van der Waals surface area contributed by atoms with Crippen molar-refractivity contribution in [2.45, 2.75) is 24.3 Å². The van der Waals surface area contributed by atoms with E-state index in [-0.39, 0.29) is 17.5 Å². The highest BCUT2D eigenvalue weighted by molar-refractivity contribution is 7.89. The van der Waals surface area contributed by atoms with E-state index < -0.39 is 10.0 Å². The number of nitrogens with zero attached hydrogens (tertiary/aromatic N) is 2. The lowest BCUT2D eigenvalue weighted by molar-refractivity contribution is 0.215. The molecule has 0 radical (unpaired) electrons. The number of hydrogen-bond acceptors (Lipinski definition) is 5. The number of pyridine rings is 1. The summed E-state index contributed by atoms with van der Waals surface area (Å²) in [6.45, 7) is 2.51. The van der Waals surface area contributed by atoms with E-state index in [4.69, 9.17) is 21.1 Å². The highest BCUT2D eigenvalue weighted by Gasteiger charge is 2.34. The largest absolute Gasteiger partial charge is 0.496 e. The van der Waals surface area contributed by atoms with Crippen LogP contribution in [0, 0.1) is 6.92 Å². The Morgan fingerprint density at radius 3 is 2.76 bits per heavy atom. The molecule has 0 N–H and O–H groups in total. The third kappa shape index (κ3) is 3.73. The minimum absolute atomic E-state index is 0.242. The molecule has 1 fully saturated rings. The standard InChI is InChI=1S/C17H19ClN2O4S/c1-12-9-14(3-4-16(12)23-2)25(21,22)20-8-6-13(11-20)24-17-5-7-19-10-15(17)18/h3-5,7,9-10,13H,6,8,11H2,1-2H3. The zero-order valence-electron chi connectivity index (χ0n) is 14.0. The highest BCUT2D eigenvalue weighted by atomic mass is 35.5. The van der Waals surface area contributed by atoms with Gasteiger partial charge in [-0.2, -0.15) is 4.31 Å². The maximum absolute atomic E-state index is 12.8. The van der Waals surface area contributed by atoms with Crippen molar-refractivity contribution in [1.82, 2.24) is 9.29 Å². The fraction of sp³-hybridized carbons (Fsp3) is 0.353. The minimum Gasteiger partial charge on any atom is -0.496 e. The Labute approximate surface area is 152 Å². The summed E-state index contributed by atoms with van der Waals surface area (Å²) in [5.41, 5.74) is 0.777. The molecule has 0 spiro atoms. The molecule has 25 heavy (non-hydrogen) atoms. The van der Waals surface area contributed by atoms with Crippen LogP contribution >= 0.6 is 11.6 Å². The summed E-state index contributed by atoms with van der Waals surface area (Å²) in [6, 6.07) is 6.53. The Kier molecular flexibility index (Phi) is 5.17. The molecule has 8 heteroatoms. The van der Waals surface area contributed by atoms with Crippen molar-refractivity contribution in [3.63, 3.8) is 0 Å². The molecule has 134 valence electrons. The first-order valence-corrected chi connectivity index (χ1v) is 9.64. The van der Waals surface area contributed by atoms with Crippen LogP contribution in [0.5, 0.6) is 11.5 Å². The van der Waals surface area contributed by atoms with Crippen LogP contribution in [0.4, 0.5) is 0 Å². The second-order valence-electron chi connectivity index (χ2n) is 5.83. The van der Waals surface area contributed by atoms with Crippen LogP contribution in [0.25, 0.3) is 0 Å². The van der Waals surface area contributed by atoms with E-state index in [1.165, 1.54) is 10.5 Å². The Balaban J connectivity index is 1.74. The van der Waals surface area contributed by atoms with Crippen LogP contribution in [-0.2, 0) is 10.0 Å². The number of hydrogen-bond donors (Lipinski definition) is 0. The summed E-state index contributed by atoms with van der Waals surface area (Å²) >= 11 is 6.04. The van der Waals surface area contributed by atoms with E-state index in [0.717, 1.165) is 5.56 Å². The van der Waals surface area contributed by atoms with Crippen LogP contribution in [0.15, 0.2) is 41.6 Å². The van der Waals surface area contributed by atoms with E-state index >= 15 is 0 Å². The van der Waals surface area contributed by atoms with Crippen molar-refractivity contribution in [2.75, 3.05) is 20.2 Å². The highest BCUT2D eigenvalue weighted by Crippen LogP contribution is 2.29. The van der Waals surface area contributed by atoms with Crippen LogP contribution < -0.4 is 9.47 Å². The fourth-order valence-electron chi connectivity index (χ4n) is 2.81. The molecule has 0 amide bonds. The van der Waals surface area contributed by atoms with Gasteiger partial charge in [-0.3, -0.25) is 4.98 Å². The molecule has 3 rings (SSSR count). The molecule has 0 saturated carbocycles. The number of methoxy groups -OCH3 is 1. The van der Waals surface area contributed by atoms with Crippen molar-refractivity contribution in [2.24, 2.45) is 0 Å². The molecular weight excluding hydrogens is 364 g/mol. The quantitative estimate of drug-likeness (QED) is 0.795. The molecule has 2 aromatic rings. The third-order valence-corrected chi connectivity index (χ3v) is 6.29. The average Bonchev–Trinajstić information content (AvgIpc) is 3.06. The van der Waals surface area contributed by atoms with Crippen molar-refractivity contribution < 1.29 is 17.9 Å². The predicted octanol–water partition coefficient (Wildman–Crippen LogP) is 2.89. The lowest BCUT2D eigenvalue weighted by Crippen LogP contribution is -2.31. The first-order valence-electron chi connectivity index (χ1n) is 7.83. The van der Waals surface area contributed by atoms with Crippen LogP contribution in [0.3, 0.4) is 0 Å². The van der Waals surface area contributed by atoms with Gasteiger partial charge in [0.1, 0.15) is 22.6 Å². The van der Waals surface area contributed by atoms with Gasteiger partial charge in [-0.1, -0.05) is 11.6 Å². The van der Waals surface area contributed by atoms with Crippen LogP contribution in [0.1, 0.15) is 12.0 Å². The number of sulfonamides is 1. The van der Waals surface area contributed by atoms with E-state index in [9.17, 15) is 8.42 Å². The lowest BCUT2D eigenvalue weighted by atomic mass is 10.2. The maximum Gasteiger partial charge on any atom is 0.243 e. The normalized spacial score (nSPS) is 18.3. The van der Waals surface area contributed by atoms with Gasteiger partial charge in [-0.15, -0.1) is 0 Å². The van der Waals surface area contributed by atoms with Crippen LogP contribution in [-0.4, -0.2) is 44.0 Å². The summed E-state index contributed by atoms with van der Waals surface area (Å²) in [5, 5.41) is 0.412. The predicted molar refractivity (Wildman–Crippen MR) is 94.8 cm³/mol. The van der Waals surface area contributed by atoms with E-state index in [1.807, 2.05) is 6.92 Å². The molecule has 0 bridgehead atoms. The Hall–Kier alpha value is -1.83. The van der Waals surface area contributed by atoms with E-state index in [0.29, 0.717) is 29.5 Å². The van der Waals surface area contributed by atoms with E-state index in [2.05, 4.69) is 4.98 Å². The number of aromatic nitrogens is 1. The lowest BCUT2D eigenvalue weighted by Gasteiger charge is -2.18. The molecule has 6 nitrogen and oxygen atoms in total. The second kappa shape index (κ2) is 7.19. The Bertz CT molecular complexity index is 873. The number of ether oxygens (including phenoxy) is 2. The van der Waals surface area contributed by atoms with Gasteiger partial charge in [0.2, 0.25) is 10.0 Å². The molecule has 0 aliphatic carbocycles. The minimum atomic E-state index is -3.57. The molecule has 1 saturated heterocycles. The summed E-state index contributed by atoms with van der Waals surface area (Å²) in [7, 11) is -2.01. The zero-order valence-corrected chi connectivity index (χ0v) is 15.5. The van der Waals surface area contributed by atoms with Gasteiger partial charge in [0.05, 0.1) is 18.6 Å². The van der Waals surface area contributed by atoms with Crippen molar-refractivity contribution in [3.05, 3.63) is 47.2 Å². The van der Waals surface area contributed by atoms with Gasteiger partial charge in [-0.05, 0) is 37.1 Å². The monoisotopic (exact) mass is 382 g/mol. The molecular formula is C17H19ClN2O4S. The van der Waals surface area contributed by atoms with Crippen molar-refractivity contribution >= 4 is 21.6 Å². The molecule has 1 atom stereocenters. The smallest absolute Gasteiger partial charge is 0.243 e. The molecule has 1 aromatic heterocycles. The van der Waals surface area contributed by atoms with Gasteiger partial charge in [0, 0.05) is 25.0 Å². The first-order chi connectivity index (χ1) is 11.9. The van der Waals surface area contributed by atoms with Gasteiger partial charge in [0.15, 0.2) is 0 Å².